The molecule has 6 heteroatoms. The van der Waals surface area contributed by atoms with Crippen molar-refractivity contribution in [2.75, 3.05) is 0 Å². The van der Waals surface area contributed by atoms with Crippen molar-refractivity contribution in [1.82, 2.24) is 4.98 Å². The molecule has 0 aromatic carbocycles. The maximum absolute atomic E-state index is 11.4. The van der Waals surface area contributed by atoms with E-state index < -0.39 is 14.3 Å². The molecule has 1 heterocycles. The highest BCUT2D eigenvalue weighted by atomic mass is 79.9. The van der Waals surface area contributed by atoms with E-state index in [4.69, 9.17) is 9.41 Å². The number of rotatable bonds is 7. The average molecular weight is 456 g/mol. The lowest BCUT2D eigenvalue weighted by atomic mass is 9.92. The zero-order valence-corrected chi connectivity index (χ0v) is 20.0. The van der Waals surface area contributed by atoms with Gasteiger partial charge in [-0.05, 0) is 41.1 Å². The van der Waals surface area contributed by atoms with E-state index in [9.17, 15) is 9.90 Å². The molecule has 0 bridgehead atoms. The van der Waals surface area contributed by atoms with Crippen LogP contribution < -0.4 is 0 Å². The predicted octanol–water partition coefficient (Wildman–Crippen LogP) is 6.43. The molecule has 0 saturated carbocycles. The summed E-state index contributed by atoms with van der Waals surface area (Å²) in [6.07, 6.45) is 3.63. The number of carboxylic acid groups (broad SMARTS) is 1. The number of aromatic nitrogens is 1. The fraction of sp³-hybridized carbons (Fsp3) is 0.714. The van der Waals surface area contributed by atoms with Gasteiger partial charge in [-0.3, -0.25) is 9.78 Å². The highest BCUT2D eigenvalue weighted by molar-refractivity contribution is 9.09. The molecule has 0 spiro atoms. The van der Waals surface area contributed by atoms with Gasteiger partial charge in [-0.1, -0.05) is 63.5 Å². The van der Waals surface area contributed by atoms with Gasteiger partial charge in [-0.2, -0.15) is 0 Å². The van der Waals surface area contributed by atoms with Gasteiger partial charge in [0.2, 0.25) is 8.32 Å². The van der Waals surface area contributed by atoms with Gasteiger partial charge in [0, 0.05) is 16.9 Å². The molecule has 0 fully saturated rings. The number of fused-ring (bicyclic) bond motifs is 1. The fourth-order valence-electron chi connectivity index (χ4n) is 5.05. The predicted molar refractivity (Wildman–Crippen MR) is 116 cm³/mol. The number of pyridine rings is 1. The topological polar surface area (TPSA) is 59.4 Å². The van der Waals surface area contributed by atoms with Crippen LogP contribution >= 0.6 is 15.9 Å². The fourth-order valence-corrected chi connectivity index (χ4v) is 11.3. The minimum atomic E-state index is -2.05. The summed E-state index contributed by atoms with van der Waals surface area (Å²) < 4.78 is 7.08. The van der Waals surface area contributed by atoms with Crippen LogP contribution in [0, 0.1) is 0 Å². The number of carbonyl (C=O) groups is 1. The van der Waals surface area contributed by atoms with E-state index in [1.807, 2.05) is 18.3 Å². The Balaban J connectivity index is 2.49. The molecule has 1 aromatic heterocycles. The Morgan fingerprint density at radius 3 is 2.33 bits per heavy atom. The normalized spacial score (nSPS) is 23.6. The quantitative estimate of drug-likeness (QED) is 0.292. The van der Waals surface area contributed by atoms with E-state index in [0.717, 1.165) is 24.1 Å². The van der Waals surface area contributed by atoms with Gasteiger partial charge in [-0.15, -0.1) is 0 Å². The van der Waals surface area contributed by atoms with Crippen molar-refractivity contribution in [3.8, 4) is 0 Å². The average Bonchev–Trinajstić information content (AvgIpc) is 2.70. The van der Waals surface area contributed by atoms with Gasteiger partial charge in [0.25, 0.3) is 0 Å². The van der Waals surface area contributed by atoms with Crippen LogP contribution in [-0.4, -0.2) is 29.2 Å². The lowest BCUT2D eigenvalue weighted by Crippen LogP contribution is -2.48. The standard InChI is InChI=1S/C21H34BrNO3Si/c1-13(2)27(14(3)4,15(5)6)26-19-10-9-18(22)17(12-20(24)25)16-8-7-11-23-21(16)19/h7-8,11,13-15,17-19H,9-10,12H2,1-6H3,(H,24,25). The van der Waals surface area contributed by atoms with Crippen molar-refractivity contribution in [3.63, 3.8) is 0 Å². The summed E-state index contributed by atoms with van der Waals surface area (Å²) in [7, 11) is -2.05. The highest BCUT2D eigenvalue weighted by Gasteiger charge is 2.48. The molecule has 1 aromatic rings. The Kier molecular flexibility index (Phi) is 7.67. The molecule has 0 aliphatic heterocycles. The number of aliphatic carboxylic acids is 1. The second-order valence-electron chi connectivity index (χ2n) is 8.70. The second kappa shape index (κ2) is 9.18. The van der Waals surface area contributed by atoms with Gasteiger partial charge < -0.3 is 9.53 Å². The largest absolute Gasteiger partial charge is 0.481 e. The van der Waals surface area contributed by atoms with Crippen molar-refractivity contribution >= 4 is 30.2 Å². The third-order valence-electron chi connectivity index (χ3n) is 6.16. The molecule has 0 saturated heterocycles. The molecule has 1 N–H and O–H groups in total. The Labute approximate surface area is 173 Å². The first kappa shape index (κ1) is 22.6. The molecule has 0 amide bonds. The molecule has 1 aliphatic carbocycles. The van der Waals surface area contributed by atoms with Crippen LogP contribution in [0.4, 0.5) is 0 Å². The minimum absolute atomic E-state index is 0.0566. The van der Waals surface area contributed by atoms with E-state index in [-0.39, 0.29) is 23.3 Å². The van der Waals surface area contributed by atoms with Crippen molar-refractivity contribution in [1.29, 1.82) is 0 Å². The van der Waals surface area contributed by atoms with Gasteiger partial charge in [0.15, 0.2) is 0 Å². The molecule has 3 atom stereocenters. The van der Waals surface area contributed by atoms with Crippen LogP contribution in [-0.2, 0) is 9.22 Å². The molecule has 4 nitrogen and oxygen atoms in total. The molecular formula is C21H34BrNO3Si. The Morgan fingerprint density at radius 2 is 1.81 bits per heavy atom. The van der Waals surface area contributed by atoms with Gasteiger partial charge in [-0.25, -0.2) is 0 Å². The molecule has 152 valence electrons. The smallest absolute Gasteiger partial charge is 0.304 e. The van der Waals surface area contributed by atoms with Crippen molar-refractivity contribution in [2.24, 2.45) is 0 Å². The van der Waals surface area contributed by atoms with Crippen LogP contribution in [0.15, 0.2) is 18.3 Å². The Hall–Kier alpha value is -0.723. The maximum atomic E-state index is 11.4. The summed E-state index contributed by atoms with van der Waals surface area (Å²) >= 11 is 3.76. The number of alkyl halides is 1. The lowest BCUT2D eigenvalue weighted by Gasteiger charge is -2.44. The van der Waals surface area contributed by atoms with Crippen LogP contribution in [0.3, 0.4) is 0 Å². The number of carboxylic acids is 1. The van der Waals surface area contributed by atoms with Crippen molar-refractivity contribution in [3.05, 3.63) is 29.6 Å². The van der Waals surface area contributed by atoms with Crippen LogP contribution in [0.2, 0.25) is 16.6 Å². The van der Waals surface area contributed by atoms with Gasteiger partial charge in [0.05, 0.1) is 18.2 Å². The summed E-state index contributed by atoms with van der Waals surface area (Å²) in [5.41, 5.74) is 3.49. The summed E-state index contributed by atoms with van der Waals surface area (Å²) in [6, 6.07) is 3.95. The summed E-state index contributed by atoms with van der Waals surface area (Å²) in [5.74, 6) is -0.845. The monoisotopic (exact) mass is 455 g/mol. The molecule has 2 rings (SSSR count). The zero-order valence-electron chi connectivity index (χ0n) is 17.4. The Morgan fingerprint density at radius 1 is 1.22 bits per heavy atom. The zero-order chi connectivity index (χ0) is 20.4. The van der Waals surface area contributed by atoms with Crippen LogP contribution in [0.1, 0.15) is 84.1 Å². The minimum Gasteiger partial charge on any atom is -0.481 e. The summed E-state index contributed by atoms with van der Waals surface area (Å²) in [4.78, 5) is 16.3. The number of hydrogen-bond acceptors (Lipinski definition) is 3. The Bertz CT molecular complexity index is 628. The van der Waals surface area contributed by atoms with E-state index in [0.29, 0.717) is 16.6 Å². The molecule has 0 radical (unpaired) electrons. The van der Waals surface area contributed by atoms with Crippen LogP contribution in [0.25, 0.3) is 0 Å². The maximum Gasteiger partial charge on any atom is 0.304 e. The second-order valence-corrected chi connectivity index (χ2v) is 15.3. The van der Waals surface area contributed by atoms with E-state index >= 15 is 0 Å². The number of halogens is 1. The SMILES string of the molecule is CC(C)[Si](OC1CCC(Br)C(CC(=O)O)c2cccnc21)(C(C)C)C(C)C. The summed E-state index contributed by atoms with van der Waals surface area (Å²) in [5, 5.41) is 9.41. The third-order valence-corrected chi connectivity index (χ3v) is 13.4. The molecule has 3 unspecified atom stereocenters. The van der Waals surface area contributed by atoms with E-state index in [1.165, 1.54) is 0 Å². The summed E-state index contributed by atoms with van der Waals surface area (Å²) in [6.45, 7) is 13.8. The first-order valence-corrected chi connectivity index (χ1v) is 13.1. The van der Waals surface area contributed by atoms with E-state index in [1.54, 1.807) is 0 Å². The van der Waals surface area contributed by atoms with Crippen molar-refractivity contribution < 1.29 is 14.3 Å². The molecule has 27 heavy (non-hydrogen) atoms. The molecule has 1 aliphatic rings. The van der Waals surface area contributed by atoms with Crippen molar-refractivity contribution in [2.45, 2.75) is 94.3 Å². The lowest BCUT2D eigenvalue weighted by molar-refractivity contribution is -0.137. The van der Waals surface area contributed by atoms with Crippen LogP contribution in [0.5, 0.6) is 0 Å². The van der Waals surface area contributed by atoms with Gasteiger partial charge in [0.1, 0.15) is 0 Å². The van der Waals surface area contributed by atoms with Gasteiger partial charge >= 0.3 is 5.97 Å². The van der Waals surface area contributed by atoms with E-state index in [2.05, 4.69) is 57.5 Å². The highest BCUT2D eigenvalue weighted by Crippen LogP contribution is 2.48. The number of nitrogens with zero attached hydrogens (tertiary/aromatic N) is 1. The molecular weight excluding hydrogens is 422 g/mol. The third kappa shape index (κ3) is 4.65. The first-order valence-electron chi connectivity index (χ1n) is 10.1. The number of hydrogen-bond donors (Lipinski definition) is 1. The first-order chi connectivity index (χ1) is 12.6.